The third-order valence-corrected chi connectivity index (χ3v) is 3.20. The van der Waals surface area contributed by atoms with Crippen molar-refractivity contribution in [3.63, 3.8) is 0 Å². The highest BCUT2D eigenvalue weighted by Crippen LogP contribution is 2.27. The van der Waals surface area contributed by atoms with Gasteiger partial charge in [0, 0.05) is 16.2 Å². The van der Waals surface area contributed by atoms with Gasteiger partial charge in [-0.25, -0.2) is 12.8 Å². The Morgan fingerprint density at radius 2 is 2.13 bits per heavy atom. The van der Waals surface area contributed by atoms with Crippen LogP contribution in [0.1, 0.15) is 5.56 Å². The first-order valence-corrected chi connectivity index (χ1v) is 7.05. The average molecular weight is 318 g/mol. The van der Waals surface area contributed by atoms with Crippen LogP contribution in [0.3, 0.4) is 0 Å². The quantitative estimate of drug-likeness (QED) is 0.805. The third-order valence-electron chi connectivity index (χ3n) is 1.64. The van der Waals surface area contributed by atoms with Gasteiger partial charge >= 0.3 is 0 Å². The molecular weight excluding hydrogens is 311 g/mol. The molecule has 0 amide bonds. The summed E-state index contributed by atoms with van der Waals surface area (Å²) in [5, 5.41) is 0. The van der Waals surface area contributed by atoms with E-state index in [0.29, 0.717) is 5.75 Å². The number of rotatable bonds is 3. The molecule has 15 heavy (non-hydrogen) atoms. The second-order valence-corrected chi connectivity index (χ2v) is 6.40. The van der Waals surface area contributed by atoms with Gasteiger partial charge < -0.3 is 4.74 Å². The fourth-order valence-electron chi connectivity index (χ4n) is 1.03. The Bertz CT molecular complexity index is 475. The lowest BCUT2D eigenvalue weighted by atomic mass is 10.2. The van der Waals surface area contributed by atoms with Crippen molar-refractivity contribution in [2.24, 2.45) is 0 Å². The van der Waals surface area contributed by atoms with E-state index in [1.165, 1.54) is 19.2 Å². The van der Waals surface area contributed by atoms with Gasteiger partial charge in [0.2, 0.25) is 9.05 Å². The number of ether oxygens (including phenoxy) is 1. The van der Waals surface area contributed by atoms with Crippen molar-refractivity contribution in [3.05, 3.63) is 28.0 Å². The van der Waals surface area contributed by atoms with E-state index in [9.17, 15) is 12.8 Å². The van der Waals surface area contributed by atoms with Crippen LogP contribution in [0.25, 0.3) is 0 Å². The molecule has 0 saturated carbocycles. The molecule has 1 rings (SSSR count). The van der Waals surface area contributed by atoms with Crippen molar-refractivity contribution in [2.45, 2.75) is 5.75 Å². The molecule has 0 heterocycles. The Labute approximate surface area is 99.7 Å². The monoisotopic (exact) mass is 316 g/mol. The van der Waals surface area contributed by atoms with Crippen molar-refractivity contribution < 1.29 is 17.5 Å². The lowest BCUT2D eigenvalue weighted by Gasteiger charge is -2.06. The normalized spacial score (nSPS) is 11.5. The number of halogens is 3. The molecule has 0 aromatic heterocycles. The molecule has 0 aliphatic carbocycles. The van der Waals surface area contributed by atoms with Crippen LogP contribution in [0.15, 0.2) is 16.6 Å². The summed E-state index contributed by atoms with van der Waals surface area (Å²) in [7, 11) is 2.65. The van der Waals surface area contributed by atoms with Crippen LogP contribution in [0.5, 0.6) is 5.75 Å². The molecule has 0 N–H and O–H groups in total. The molecule has 0 spiro atoms. The second-order valence-electron chi connectivity index (χ2n) is 2.77. The Balaban J connectivity index is 3.22. The lowest BCUT2D eigenvalue weighted by Crippen LogP contribution is -2.00. The van der Waals surface area contributed by atoms with Crippen LogP contribution < -0.4 is 4.74 Å². The SMILES string of the molecule is COc1cc(Br)c(F)c(CS(=O)(=O)Cl)c1. The maximum Gasteiger partial charge on any atom is 0.236 e. The van der Waals surface area contributed by atoms with Gasteiger partial charge in [0.25, 0.3) is 0 Å². The third kappa shape index (κ3) is 3.62. The summed E-state index contributed by atoms with van der Waals surface area (Å²) in [4.78, 5) is 0. The lowest BCUT2D eigenvalue weighted by molar-refractivity contribution is 0.412. The van der Waals surface area contributed by atoms with Crippen molar-refractivity contribution in [2.75, 3.05) is 7.11 Å². The molecule has 1 aromatic rings. The van der Waals surface area contributed by atoms with Gasteiger partial charge in [-0.2, -0.15) is 0 Å². The van der Waals surface area contributed by atoms with E-state index in [2.05, 4.69) is 15.9 Å². The minimum atomic E-state index is -3.79. The molecule has 84 valence electrons. The molecule has 3 nitrogen and oxygen atoms in total. The summed E-state index contributed by atoms with van der Waals surface area (Å²) >= 11 is 2.95. The number of benzene rings is 1. The Morgan fingerprint density at radius 3 is 2.60 bits per heavy atom. The van der Waals surface area contributed by atoms with Crippen molar-refractivity contribution in [3.8, 4) is 5.75 Å². The first-order chi connectivity index (χ1) is 6.83. The topological polar surface area (TPSA) is 43.4 Å². The molecule has 1 aromatic carbocycles. The van der Waals surface area contributed by atoms with Crippen LogP contribution in [0.2, 0.25) is 0 Å². The second kappa shape index (κ2) is 4.67. The van der Waals surface area contributed by atoms with Crippen LogP contribution in [0, 0.1) is 5.82 Å². The van der Waals surface area contributed by atoms with Gasteiger partial charge in [0.15, 0.2) is 0 Å². The molecule has 0 atom stereocenters. The summed E-state index contributed by atoms with van der Waals surface area (Å²) < 4.78 is 40.0. The predicted octanol–water partition coefficient (Wildman–Crippen LogP) is 2.67. The minimum Gasteiger partial charge on any atom is -0.497 e. The van der Waals surface area contributed by atoms with E-state index in [-0.39, 0.29) is 10.0 Å². The number of hydrogen-bond donors (Lipinski definition) is 0. The molecular formula is C8H7BrClFO3S. The largest absolute Gasteiger partial charge is 0.497 e. The predicted molar refractivity (Wildman–Crippen MR) is 59.1 cm³/mol. The molecule has 0 saturated heterocycles. The first-order valence-electron chi connectivity index (χ1n) is 3.77. The Hall–Kier alpha value is -0.330. The molecule has 0 fully saturated rings. The summed E-state index contributed by atoms with van der Waals surface area (Å²) in [5.41, 5.74) is -0.0313. The molecule has 0 aliphatic rings. The fraction of sp³-hybridized carbons (Fsp3) is 0.250. The fourth-order valence-corrected chi connectivity index (χ4v) is 2.44. The van der Waals surface area contributed by atoms with Gasteiger partial charge in [-0.05, 0) is 28.1 Å². The summed E-state index contributed by atoms with van der Waals surface area (Å²) in [5.74, 6) is -0.866. The van der Waals surface area contributed by atoms with E-state index in [0.717, 1.165) is 0 Å². The maximum atomic E-state index is 13.4. The van der Waals surface area contributed by atoms with E-state index in [4.69, 9.17) is 15.4 Å². The summed E-state index contributed by atoms with van der Waals surface area (Å²) in [6.07, 6.45) is 0. The highest BCUT2D eigenvalue weighted by Gasteiger charge is 2.15. The molecule has 0 bridgehead atoms. The van der Waals surface area contributed by atoms with Crippen LogP contribution in [-0.4, -0.2) is 15.5 Å². The van der Waals surface area contributed by atoms with E-state index in [1.807, 2.05) is 0 Å². The number of hydrogen-bond acceptors (Lipinski definition) is 3. The molecule has 7 heteroatoms. The van der Waals surface area contributed by atoms with E-state index >= 15 is 0 Å². The van der Waals surface area contributed by atoms with Crippen molar-refractivity contribution >= 4 is 35.7 Å². The average Bonchev–Trinajstić information content (AvgIpc) is 2.10. The van der Waals surface area contributed by atoms with E-state index < -0.39 is 20.6 Å². The number of methoxy groups -OCH3 is 1. The standard InChI is InChI=1S/C8H7BrClFO3S/c1-14-6-2-5(4-15(10,12)13)8(11)7(9)3-6/h2-3H,4H2,1H3. The van der Waals surface area contributed by atoms with E-state index in [1.54, 1.807) is 0 Å². The maximum absolute atomic E-state index is 13.4. The van der Waals surface area contributed by atoms with Crippen LogP contribution in [-0.2, 0) is 14.8 Å². The van der Waals surface area contributed by atoms with Gasteiger partial charge in [-0.3, -0.25) is 0 Å². The van der Waals surface area contributed by atoms with Gasteiger partial charge in [-0.1, -0.05) is 0 Å². The molecule has 0 unspecified atom stereocenters. The minimum absolute atomic E-state index is 0.0313. The molecule has 0 aliphatic heterocycles. The van der Waals surface area contributed by atoms with Crippen LogP contribution >= 0.6 is 26.6 Å². The highest BCUT2D eigenvalue weighted by atomic mass is 79.9. The van der Waals surface area contributed by atoms with Crippen molar-refractivity contribution in [1.82, 2.24) is 0 Å². The van der Waals surface area contributed by atoms with Gasteiger partial charge in [0.1, 0.15) is 11.6 Å². The Kier molecular flexibility index (Phi) is 3.97. The molecule has 0 radical (unpaired) electrons. The Morgan fingerprint density at radius 1 is 1.53 bits per heavy atom. The zero-order valence-electron chi connectivity index (χ0n) is 7.63. The summed E-state index contributed by atoms with van der Waals surface area (Å²) in [6.45, 7) is 0. The zero-order chi connectivity index (χ0) is 11.6. The zero-order valence-corrected chi connectivity index (χ0v) is 10.8. The van der Waals surface area contributed by atoms with Gasteiger partial charge in [0.05, 0.1) is 17.3 Å². The van der Waals surface area contributed by atoms with Crippen molar-refractivity contribution in [1.29, 1.82) is 0 Å². The van der Waals surface area contributed by atoms with Crippen LogP contribution in [0.4, 0.5) is 4.39 Å². The smallest absolute Gasteiger partial charge is 0.236 e. The highest BCUT2D eigenvalue weighted by molar-refractivity contribution is 9.10. The van der Waals surface area contributed by atoms with Gasteiger partial charge in [-0.15, -0.1) is 0 Å². The summed E-state index contributed by atoms with van der Waals surface area (Å²) in [6, 6.07) is 2.69. The first kappa shape index (κ1) is 12.7.